The van der Waals surface area contributed by atoms with Crippen LogP contribution in [0.1, 0.15) is 19.8 Å². The van der Waals surface area contributed by atoms with Crippen molar-refractivity contribution >= 4 is 23.8 Å². The van der Waals surface area contributed by atoms with Crippen LogP contribution in [0.3, 0.4) is 0 Å². The van der Waals surface area contributed by atoms with Gasteiger partial charge in [-0.3, -0.25) is 14.4 Å². The third-order valence-corrected chi connectivity index (χ3v) is 3.16. The van der Waals surface area contributed by atoms with Gasteiger partial charge in [0.15, 0.2) is 0 Å². The SMILES string of the molecule is CC#CC(=O)N[C@H]1CCCN(C2=CC(=O)C(=O)N=C2)C1. The molecule has 1 saturated heterocycles. The van der Waals surface area contributed by atoms with E-state index in [4.69, 9.17) is 0 Å². The van der Waals surface area contributed by atoms with Crippen molar-refractivity contribution in [3.05, 3.63) is 11.8 Å². The maximum atomic E-state index is 11.4. The first-order valence-corrected chi connectivity index (χ1v) is 6.42. The minimum Gasteiger partial charge on any atom is -0.368 e. The zero-order chi connectivity index (χ0) is 14.5. The Morgan fingerprint density at radius 2 is 2.30 bits per heavy atom. The van der Waals surface area contributed by atoms with Gasteiger partial charge in [0.25, 0.3) is 5.91 Å². The molecule has 0 aromatic heterocycles. The highest BCUT2D eigenvalue weighted by molar-refractivity contribution is 6.44. The Bertz CT molecular complexity index is 566. The number of amides is 2. The zero-order valence-electron chi connectivity index (χ0n) is 11.2. The number of nitrogens with zero attached hydrogens (tertiary/aromatic N) is 2. The van der Waals surface area contributed by atoms with Gasteiger partial charge in [-0.15, -0.1) is 0 Å². The second kappa shape index (κ2) is 6.15. The molecule has 0 radical (unpaired) electrons. The summed E-state index contributed by atoms with van der Waals surface area (Å²) in [6, 6.07) is -0.0147. The number of piperidine rings is 1. The van der Waals surface area contributed by atoms with Gasteiger partial charge in [-0.25, -0.2) is 4.99 Å². The third-order valence-electron chi connectivity index (χ3n) is 3.16. The summed E-state index contributed by atoms with van der Waals surface area (Å²) in [6.45, 7) is 2.96. The van der Waals surface area contributed by atoms with Crippen LogP contribution in [0.2, 0.25) is 0 Å². The highest BCUT2D eigenvalue weighted by Gasteiger charge is 2.25. The monoisotopic (exact) mass is 273 g/mol. The Morgan fingerprint density at radius 1 is 1.50 bits per heavy atom. The molecule has 2 rings (SSSR count). The summed E-state index contributed by atoms with van der Waals surface area (Å²) in [5, 5.41) is 2.83. The Morgan fingerprint density at radius 3 is 3.00 bits per heavy atom. The van der Waals surface area contributed by atoms with Crippen molar-refractivity contribution in [1.29, 1.82) is 0 Å². The molecular formula is C14H15N3O3. The van der Waals surface area contributed by atoms with Gasteiger partial charge in [0.2, 0.25) is 5.78 Å². The van der Waals surface area contributed by atoms with Crippen molar-refractivity contribution < 1.29 is 14.4 Å². The fourth-order valence-corrected chi connectivity index (χ4v) is 2.26. The molecule has 104 valence electrons. The average Bonchev–Trinajstić information content (AvgIpc) is 2.42. The van der Waals surface area contributed by atoms with Crippen LogP contribution in [0, 0.1) is 11.8 Å². The van der Waals surface area contributed by atoms with Gasteiger partial charge in [-0.2, -0.15) is 0 Å². The number of ketones is 1. The van der Waals surface area contributed by atoms with Crippen LogP contribution in [-0.4, -0.2) is 47.8 Å². The van der Waals surface area contributed by atoms with E-state index in [1.54, 1.807) is 6.92 Å². The van der Waals surface area contributed by atoms with Crippen LogP contribution < -0.4 is 5.32 Å². The number of aliphatic imine (C=N–C) groups is 1. The van der Waals surface area contributed by atoms with Gasteiger partial charge in [0.1, 0.15) is 0 Å². The Labute approximate surface area is 116 Å². The lowest BCUT2D eigenvalue weighted by Gasteiger charge is -2.35. The van der Waals surface area contributed by atoms with Gasteiger partial charge in [-0.05, 0) is 25.7 Å². The average molecular weight is 273 g/mol. The number of hydrogen-bond acceptors (Lipinski definition) is 4. The fraction of sp³-hybridized carbons (Fsp3) is 0.429. The number of carbonyl (C=O) groups is 3. The first kappa shape index (κ1) is 14.0. The molecule has 0 aromatic rings. The molecule has 0 aliphatic carbocycles. The zero-order valence-corrected chi connectivity index (χ0v) is 11.2. The molecule has 1 atom stereocenters. The van der Waals surface area contributed by atoms with E-state index in [1.807, 2.05) is 4.90 Å². The molecule has 1 fully saturated rings. The summed E-state index contributed by atoms with van der Waals surface area (Å²) in [6.07, 6.45) is 4.45. The highest BCUT2D eigenvalue weighted by atomic mass is 16.2. The minimum atomic E-state index is -0.742. The summed E-state index contributed by atoms with van der Waals surface area (Å²) in [4.78, 5) is 39.3. The number of rotatable bonds is 2. The minimum absolute atomic E-state index is 0.0147. The molecule has 6 heteroatoms. The largest absolute Gasteiger partial charge is 0.368 e. The topological polar surface area (TPSA) is 78.8 Å². The normalized spacial score (nSPS) is 21.9. The lowest BCUT2D eigenvalue weighted by molar-refractivity contribution is -0.133. The quantitative estimate of drug-likeness (QED) is 0.551. The molecule has 0 saturated carbocycles. The number of dihydropyridines is 1. The van der Waals surface area contributed by atoms with Crippen molar-refractivity contribution in [2.45, 2.75) is 25.8 Å². The molecule has 0 aromatic carbocycles. The van der Waals surface area contributed by atoms with Gasteiger partial charge in [0.05, 0.1) is 11.9 Å². The molecule has 0 bridgehead atoms. The first-order chi connectivity index (χ1) is 9.60. The number of hydrogen-bond donors (Lipinski definition) is 1. The molecule has 0 unspecified atom stereocenters. The predicted octanol–water partition coefficient (Wildman–Crippen LogP) is -0.346. The number of likely N-dealkylation sites (tertiary alicyclic amines) is 1. The van der Waals surface area contributed by atoms with Crippen molar-refractivity contribution in [3.63, 3.8) is 0 Å². The number of carbonyl (C=O) groups excluding carboxylic acids is 3. The van der Waals surface area contributed by atoms with E-state index in [0.29, 0.717) is 12.2 Å². The maximum Gasteiger partial charge on any atom is 0.317 e. The van der Waals surface area contributed by atoms with Crippen molar-refractivity contribution in [2.75, 3.05) is 13.1 Å². The van der Waals surface area contributed by atoms with Gasteiger partial charge >= 0.3 is 5.91 Å². The Hall–Kier alpha value is -2.42. The summed E-state index contributed by atoms with van der Waals surface area (Å²) in [5.41, 5.74) is 0.620. The third kappa shape index (κ3) is 3.32. The number of allylic oxidation sites excluding steroid dienone is 1. The Balaban J connectivity index is 2.00. The van der Waals surface area contributed by atoms with Crippen LogP contribution in [0.25, 0.3) is 0 Å². The van der Waals surface area contributed by atoms with Crippen LogP contribution in [-0.2, 0) is 14.4 Å². The van der Waals surface area contributed by atoms with Crippen molar-refractivity contribution in [3.8, 4) is 11.8 Å². The molecule has 2 amide bonds. The standard InChI is InChI=1S/C14H15N3O3/c1-2-4-13(19)16-10-5-3-6-17(9-10)11-7-12(18)14(20)15-8-11/h7-8,10H,3,5-6,9H2,1H3,(H,16,19)/t10-/m0/s1. The van der Waals surface area contributed by atoms with E-state index in [0.717, 1.165) is 19.4 Å². The molecule has 1 N–H and O–H groups in total. The van der Waals surface area contributed by atoms with Crippen LogP contribution in [0.15, 0.2) is 16.8 Å². The summed E-state index contributed by atoms with van der Waals surface area (Å²) < 4.78 is 0. The van der Waals surface area contributed by atoms with Gasteiger partial charge in [-0.1, -0.05) is 5.92 Å². The summed E-state index contributed by atoms with van der Waals surface area (Å²) in [5.74, 6) is 3.35. The molecule has 2 aliphatic heterocycles. The van der Waals surface area contributed by atoms with Crippen LogP contribution in [0.4, 0.5) is 0 Å². The van der Waals surface area contributed by atoms with E-state index in [1.165, 1.54) is 12.3 Å². The van der Waals surface area contributed by atoms with E-state index in [9.17, 15) is 14.4 Å². The lowest BCUT2D eigenvalue weighted by atomic mass is 10.0. The second-order valence-corrected chi connectivity index (χ2v) is 4.63. The second-order valence-electron chi connectivity index (χ2n) is 4.63. The van der Waals surface area contributed by atoms with Gasteiger partial charge < -0.3 is 10.2 Å². The molecular weight excluding hydrogens is 258 g/mol. The smallest absolute Gasteiger partial charge is 0.317 e. The van der Waals surface area contributed by atoms with E-state index >= 15 is 0 Å². The van der Waals surface area contributed by atoms with Crippen molar-refractivity contribution in [2.24, 2.45) is 4.99 Å². The van der Waals surface area contributed by atoms with Crippen LogP contribution in [0.5, 0.6) is 0 Å². The molecule has 6 nitrogen and oxygen atoms in total. The number of nitrogens with one attached hydrogen (secondary N) is 1. The maximum absolute atomic E-state index is 11.4. The van der Waals surface area contributed by atoms with E-state index in [-0.39, 0.29) is 11.9 Å². The molecule has 2 aliphatic rings. The predicted molar refractivity (Wildman–Crippen MR) is 72.8 cm³/mol. The van der Waals surface area contributed by atoms with E-state index < -0.39 is 11.7 Å². The first-order valence-electron chi connectivity index (χ1n) is 6.42. The summed E-state index contributed by atoms with van der Waals surface area (Å²) in [7, 11) is 0. The highest BCUT2D eigenvalue weighted by Crippen LogP contribution is 2.16. The molecule has 2 heterocycles. The Kier molecular flexibility index (Phi) is 4.31. The molecule has 20 heavy (non-hydrogen) atoms. The lowest BCUT2D eigenvalue weighted by Crippen LogP contribution is -2.47. The van der Waals surface area contributed by atoms with Crippen molar-refractivity contribution in [1.82, 2.24) is 10.2 Å². The van der Waals surface area contributed by atoms with E-state index in [2.05, 4.69) is 22.2 Å². The summed E-state index contributed by atoms with van der Waals surface area (Å²) >= 11 is 0. The molecule has 0 spiro atoms. The van der Waals surface area contributed by atoms with Crippen LogP contribution >= 0.6 is 0 Å². The fourth-order valence-electron chi connectivity index (χ4n) is 2.26. The van der Waals surface area contributed by atoms with Gasteiger partial charge in [0, 0.05) is 25.2 Å².